The van der Waals surface area contributed by atoms with Crippen LogP contribution in [0.5, 0.6) is 11.5 Å². The molecule has 0 amide bonds. The van der Waals surface area contributed by atoms with E-state index in [0.29, 0.717) is 77.0 Å². The second kappa shape index (κ2) is 22.4. The number of aromatic nitrogens is 2. The number of fused-ring (bicyclic) bond motifs is 2. The first kappa shape index (κ1) is 50.9. The topological polar surface area (TPSA) is 258 Å². The first-order chi connectivity index (χ1) is 27.6. The summed E-state index contributed by atoms with van der Waals surface area (Å²) in [5.41, 5.74) is 4.20. The maximum absolute atomic E-state index is 13.1. The number of ether oxygens (including phenoxy) is 4. The molecule has 0 bridgehead atoms. The number of carbonyl (C=O) groups is 6. The van der Waals surface area contributed by atoms with Gasteiger partial charge in [0.1, 0.15) is 24.7 Å². The van der Waals surface area contributed by atoms with Crippen molar-refractivity contribution in [1.82, 2.24) is 9.13 Å². The average molecular weight is 929 g/mol. The first-order valence-corrected chi connectivity index (χ1v) is 18.1. The van der Waals surface area contributed by atoms with E-state index in [-0.39, 0.29) is 52.7 Å². The summed E-state index contributed by atoms with van der Waals surface area (Å²) in [4.78, 5) is 71.6. The monoisotopic (exact) mass is 927 g/mol. The Morgan fingerprint density at radius 2 is 0.885 bits per heavy atom. The van der Waals surface area contributed by atoms with Gasteiger partial charge in [-0.1, -0.05) is 23.2 Å². The molecular weight excluding hydrogens is 891 g/mol. The Kier molecular flexibility index (Phi) is 18.7. The number of carboxylic acid groups (broad SMARTS) is 2. The van der Waals surface area contributed by atoms with Crippen LogP contribution in [0.3, 0.4) is 0 Å². The molecule has 0 atom stereocenters. The van der Waals surface area contributed by atoms with Crippen molar-refractivity contribution < 1.29 is 85.9 Å². The Labute approximate surface area is 368 Å². The van der Waals surface area contributed by atoms with Gasteiger partial charge in [-0.25, -0.2) is 0 Å². The largest absolute Gasteiger partial charge is 2.00 e. The molecule has 0 fully saturated rings. The Hall–Kier alpha value is -6.20. The van der Waals surface area contributed by atoms with Gasteiger partial charge in [-0.05, 0) is 110 Å². The van der Waals surface area contributed by atoms with Crippen LogP contribution in [0.1, 0.15) is 43.2 Å². The van der Waals surface area contributed by atoms with E-state index in [1.165, 1.54) is 23.4 Å². The molecule has 0 unspecified atom stereocenters. The average Bonchev–Trinajstić information content (AvgIpc) is 3.63. The van der Waals surface area contributed by atoms with Crippen molar-refractivity contribution >= 4 is 80.7 Å². The van der Waals surface area contributed by atoms with Crippen molar-refractivity contribution in [2.45, 2.75) is 26.7 Å². The van der Waals surface area contributed by atoms with Crippen LogP contribution >= 0.6 is 23.2 Å². The van der Waals surface area contributed by atoms with E-state index in [4.69, 9.17) is 42.1 Å². The standard InChI is InChI=1S/2C21H18ClNO6.Cu.2H2O/c2*1-12-16(10-20(26)29-11-19(24)25)17-9-15(28-2)7-8-18(17)23(12)21(27)13-3-5-14(22)6-4-13;;;/h2*3-9H,10-11H2,1-2H3,(H,24,25);;2*1H2/q;;+2;;/p-2. The number of halogens is 2. The van der Waals surface area contributed by atoms with E-state index in [1.807, 2.05) is 0 Å². The van der Waals surface area contributed by atoms with E-state index in [0.717, 1.165) is 0 Å². The number of rotatable bonds is 12. The number of aliphatic carboxylic acids is 2. The van der Waals surface area contributed by atoms with Crippen molar-refractivity contribution in [2.24, 2.45) is 0 Å². The second-order valence-corrected chi connectivity index (χ2v) is 13.5. The molecule has 4 aromatic carbocycles. The van der Waals surface area contributed by atoms with Gasteiger partial charge in [0.2, 0.25) is 0 Å². The molecule has 6 aromatic rings. The minimum Gasteiger partial charge on any atom is -0.546 e. The summed E-state index contributed by atoms with van der Waals surface area (Å²) in [6.45, 7) is 1.76. The van der Waals surface area contributed by atoms with Gasteiger partial charge < -0.3 is 49.7 Å². The molecule has 0 spiro atoms. The third kappa shape index (κ3) is 12.0. The molecule has 6 rings (SSSR count). The van der Waals surface area contributed by atoms with Gasteiger partial charge in [0.25, 0.3) is 11.8 Å². The summed E-state index contributed by atoms with van der Waals surface area (Å²) < 4.78 is 22.9. The molecule has 0 saturated carbocycles. The first-order valence-electron chi connectivity index (χ1n) is 17.3. The zero-order chi connectivity index (χ0) is 42.3. The van der Waals surface area contributed by atoms with E-state index in [1.54, 1.807) is 98.8 Å². The van der Waals surface area contributed by atoms with Crippen LogP contribution in [-0.2, 0) is 58.6 Å². The Morgan fingerprint density at radius 3 is 1.18 bits per heavy atom. The normalized spacial score (nSPS) is 10.2. The third-order valence-electron chi connectivity index (χ3n) is 9.02. The molecule has 0 aliphatic rings. The summed E-state index contributed by atoms with van der Waals surface area (Å²) >= 11 is 11.8. The summed E-state index contributed by atoms with van der Waals surface area (Å²) in [6.07, 6.45) is -0.409. The van der Waals surface area contributed by atoms with Crippen molar-refractivity contribution in [3.05, 3.63) is 129 Å². The quantitative estimate of drug-likeness (QED) is 0.127. The molecule has 0 aliphatic carbocycles. The number of methoxy groups -OCH3 is 2. The van der Waals surface area contributed by atoms with E-state index < -0.39 is 37.1 Å². The van der Waals surface area contributed by atoms with Gasteiger partial charge in [0.15, 0.2) is 0 Å². The van der Waals surface area contributed by atoms with E-state index >= 15 is 0 Å². The molecular formula is C42H38Cl2CuN2O14. The van der Waals surface area contributed by atoms with Crippen LogP contribution in [0.4, 0.5) is 0 Å². The molecule has 2 aromatic heterocycles. The van der Waals surface area contributed by atoms with Crippen LogP contribution in [0.25, 0.3) is 21.8 Å². The minimum absolute atomic E-state index is 0. The summed E-state index contributed by atoms with van der Waals surface area (Å²) in [5, 5.41) is 23.3. The number of hydrogen-bond acceptors (Lipinski definition) is 12. The predicted octanol–water partition coefficient (Wildman–Crippen LogP) is 2.62. The van der Waals surface area contributed by atoms with Gasteiger partial charge in [-0.15, -0.1) is 0 Å². The fourth-order valence-corrected chi connectivity index (χ4v) is 6.51. The molecule has 16 nitrogen and oxygen atoms in total. The number of hydrogen-bond donors (Lipinski definition) is 0. The van der Waals surface area contributed by atoms with Crippen LogP contribution in [0.2, 0.25) is 10.0 Å². The van der Waals surface area contributed by atoms with Gasteiger partial charge in [-0.2, -0.15) is 0 Å². The molecule has 4 N–H and O–H groups in total. The maximum Gasteiger partial charge on any atom is 2.00 e. The maximum atomic E-state index is 13.1. The second-order valence-electron chi connectivity index (χ2n) is 12.6. The van der Waals surface area contributed by atoms with Crippen LogP contribution < -0.4 is 19.7 Å². The molecule has 19 heteroatoms. The molecule has 0 saturated heterocycles. The van der Waals surface area contributed by atoms with Crippen molar-refractivity contribution in [3.63, 3.8) is 0 Å². The fraction of sp³-hybridized carbons (Fsp3) is 0.190. The number of nitrogens with zero attached hydrogens (tertiary/aromatic N) is 2. The van der Waals surface area contributed by atoms with Gasteiger partial charge in [0.05, 0.1) is 50.0 Å². The van der Waals surface area contributed by atoms with Gasteiger partial charge >= 0.3 is 29.0 Å². The van der Waals surface area contributed by atoms with Crippen molar-refractivity contribution in [2.75, 3.05) is 27.4 Å². The van der Waals surface area contributed by atoms with Crippen LogP contribution in [-0.4, -0.2) is 83.2 Å². The Balaban J connectivity index is 0.000000400. The predicted molar refractivity (Wildman–Crippen MR) is 215 cm³/mol. The van der Waals surface area contributed by atoms with Crippen LogP contribution in [0, 0.1) is 13.8 Å². The SMILES string of the molecule is COc1ccc2c(c1)c(CC(=O)OCC(=O)[O-])c(C)n2C(=O)c1ccc(Cl)cc1.COc1ccc2c(c1)c(CC(=O)OCC(=O)[O-])c(C)n2C(=O)c1ccc(Cl)cc1.O.O.[Cu+2]. The number of carboxylic acids is 2. The van der Waals surface area contributed by atoms with Crippen LogP contribution in [0.15, 0.2) is 84.9 Å². The summed E-state index contributed by atoms with van der Waals surface area (Å²) in [5.74, 6) is -3.92. The Morgan fingerprint density at radius 1 is 0.557 bits per heavy atom. The Bertz CT molecular complexity index is 2390. The molecule has 1 radical (unpaired) electrons. The summed E-state index contributed by atoms with van der Waals surface area (Å²) in [6, 6.07) is 23.3. The van der Waals surface area contributed by atoms with Gasteiger partial charge in [0, 0.05) is 43.3 Å². The minimum atomic E-state index is -1.49. The molecule has 0 aliphatic heterocycles. The molecule has 2 heterocycles. The number of carbonyl (C=O) groups excluding carboxylic acids is 6. The number of benzene rings is 4. The molecule has 61 heavy (non-hydrogen) atoms. The zero-order valence-electron chi connectivity index (χ0n) is 32.8. The van der Waals surface area contributed by atoms with Crippen molar-refractivity contribution in [1.29, 1.82) is 0 Å². The van der Waals surface area contributed by atoms with Crippen molar-refractivity contribution in [3.8, 4) is 11.5 Å². The van der Waals surface area contributed by atoms with Gasteiger partial charge in [-0.3, -0.25) is 28.3 Å². The van der Waals surface area contributed by atoms with E-state index in [9.17, 15) is 39.0 Å². The molecule has 325 valence electrons. The zero-order valence-corrected chi connectivity index (χ0v) is 35.2. The third-order valence-corrected chi connectivity index (χ3v) is 9.52. The van der Waals surface area contributed by atoms with E-state index in [2.05, 4.69) is 0 Å². The fourth-order valence-electron chi connectivity index (χ4n) is 6.26. The number of esters is 2. The smallest absolute Gasteiger partial charge is 0.546 e. The summed E-state index contributed by atoms with van der Waals surface area (Å²) in [7, 11) is 3.02.